The van der Waals surface area contributed by atoms with E-state index in [1.165, 1.54) is 18.4 Å². The van der Waals surface area contributed by atoms with Crippen molar-refractivity contribution in [2.24, 2.45) is 0 Å². The first kappa shape index (κ1) is 15.7. The van der Waals surface area contributed by atoms with Gasteiger partial charge in [0.1, 0.15) is 17.1 Å². The predicted octanol–water partition coefficient (Wildman–Crippen LogP) is 4.29. The first-order chi connectivity index (χ1) is 12.3. The normalized spacial score (nSPS) is 14.1. The van der Waals surface area contributed by atoms with Crippen molar-refractivity contribution in [3.63, 3.8) is 0 Å². The smallest absolute Gasteiger partial charge is 0.228 e. The monoisotopic (exact) mass is 334 g/mol. The molecular weight excluding hydrogens is 312 g/mol. The lowest BCUT2D eigenvalue weighted by atomic mass is 10.2. The van der Waals surface area contributed by atoms with Crippen molar-refractivity contribution >= 4 is 28.4 Å². The molecule has 5 nitrogen and oxygen atoms in total. The summed E-state index contributed by atoms with van der Waals surface area (Å²) in [5.74, 6) is 2.36. The number of hydrogen-bond acceptors (Lipinski definition) is 5. The second-order valence-electron chi connectivity index (χ2n) is 6.36. The number of anilines is 3. The van der Waals surface area contributed by atoms with Crippen LogP contribution in [0.4, 0.5) is 17.5 Å². The zero-order chi connectivity index (χ0) is 17.2. The van der Waals surface area contributed by atoms with E-state index in [1.807, 2.05) is 30.3 Å². The molecule has 2 aromatic carbocycles. The van der Waals surface area contributed by atoms with Crippen LogP contribution in [0.25, 0.3) is 10.9 Å². The lowest BCUT2D eigenvalue weighted by Gasteiger charge is -2.19. The van der Waals surface area contributed by atoms with Crippen molar-refractivity contribution in [2.45, 2.75) is 19.8 Å². The Hall–Kier alpha value is -2.82. The molecule has 1 aliphatic rings. The van der Waals surface area contributed by atoms with Gasteiger partial charge in [-0.1, -0.05) is 24.3 Å². The third kappa shape index (κ3) is 2.97. The van der Waals surface area contributed by atoms with Gasteiger partial charge in [-0.3, -0.25) is 0 Å². The molecule has 0 atom stereocenters. The van der Waals surface area contributed by atoms with Crippen molar-refractivity contribution < 1.29 is 4.74 Å². The van der Waals surface area contributed by atoms with Gasteiger partial charge in [-0.25, -0.2) is 4.98 Å². The summed E-state index contributed by atoms with van der Waals surface area (Å²) in [7, 11) is 1.68. The Morgan fingerprint density at radius 3 is 2.56 bits per heavy atom. The second-order valence-corrected chi connectivity index (χ2v) is 6.36. The molecule has 0 bridgehead atoms. The fourth-order valence-corrected chi connectivity index (χ4v) is 3.27. The molecule has 3 aromatic rings. The van der Waals surface area contributed by atoms with Crippen LogP contribution < -0.4 is 15.0 Å². The van der Waals surface area contributed by atoms with Gasteiger partial charge in [0.25, 0.3) is 0 Å². The molecule has 25 heavy (non-hydrogen) atoms. The first-order valence-corrected chi connectivity index (χ1v) is 8.68. The van der Waals surface area contributed by atoms with E-state index in [1.54, 1.807) is 7.11 Å². The number of methoxy groups -OCH3 is 1. The number of para-hydroxylation sites is 2. The molecule has 1 saturated heterocycles. The number of hydrogen-bond donors (Lipinski definition) is 1. The molecule has 1 aliphatic heterocycles. The van der Waals surface area contributed by atoms with E-state index in [4.69, 9.17) is 14.7 Å². The van der Waals surface area contributed by atoms with Crippen molar-refractivity contribution in [3.8, 4) is 5.75 Å². The number of benzene rings is 2. The van der Waals surface area contributed by atoms with Gasteiger partial charge in [-0.15, -0.1) is 0 Å². The molecule has 1 fully saturated rings. The maximum atomic E-state index is 5.54. The minimum atomic E-state index is 0.769. The molecule has 5 heteroatoms. The summed E-state index contributed by atoms with van der Waals surface area (Å²) in [5, 5.41) is 4.46. The number of ether oxygens (including phenoxy) is 1. The molecule has 0 aliphatic carbocycles. The number of aryl methyl sites for hydroxylation is 1. The van der Waals surface area contributed by atoms with Crippen LogP contribution >= 0.6 is 0 Å². The largest absolute Gasteiger partial charge is 0.494 e. The molecule has 0 unspecified atom stereocenters. The van der Waals surface area contributed by atoms with E-state index >= 15 is 0 Å². The van der Waals surface area contributed by atoms with E-state index in [0.29, 0.717) is 0 Å². The molecule has 2 heterocycles. The van der Waals surface area contributed by atoms with Crippen molar-refractivity contribution in [3.05, 3.63) is 48.0 Å². The van der Waals surface area contributed by atoms with Crippen LogP contribution in [0.15, 0.2) is 42.5 Å². The third-order valence-corrected chi connectivity index (χ3v) is 4.68. The highest BCUT2D eigenvalue weighted by atomic mass is 16.5. The maximum Gasteiger partial charge on any atom is 0.228 e. The Morgan fingerprint density at radius 1 is 1.00 bits per heavy atom. The fourth-order valence-electron chi connectivity index (χ4n) is 3.27. The van der Waals surface area contributed by atoms with Crippen molar-refractivity contribution in [1.82, 2.24) is 9.97 Å². The van der Waals surface area contributed by atoms with Gasteiger partial charge in [0, 0.05) is 24.2 Å². The predicted molar refractivity (Wildman–Crippen MR) is 102 cm³/mol. The SMILES string of the molecule is COc1cccc2c(Nc3ccccc3C)nc(N3CCCC3)nc12. The Balaban J connectivity index is 1.87. The molecule has 0 saturated carbocycles. The molecular formula is C20H22N4O. The quantitative estimate of drug-likeness (QED) is 0.771. The number of fused-ring (bicyclic) bond motifs is 1. The highest BCUT2D eigenvalue weighted by molar-refractivity contribution is 5.95. The molecule has 1 aromatic heterocycles. The number of nitrogens with zero attached hydrogens (tertiary/aromatic N) is 3. The first-order valence-electron chi connectivity index (χ1n) is 8.68. The average molecular weight is 334 g/mol. The van der Waals surface area contributed by atoms with Gasteiger partial charge in [0.05, 0.1) is 7.11 Å². The standard InChI is InChI=1S/C20H22N4O/c1-14-8-3-4-10-16(14)21-19-15-9-7-11-17(25-2)18(15)22-20(23-19)24-12-5-6-13-24/h3-4,7-11H,5-6,12-13H2,1-2H3,(H,21,22,23). The van der Waals surface area contributed by atoms with Gasteiger partial charge in [-0.05, 0) is 43.5 Å². The van der Waals surface area contributed by atoms with Crippen LogP contribution in [0, 0.1) is 6.92 Å². The number of rotatable bonds is 4. The molecule has 1 N–H and O–H groups in total. The minimum Gasteiger partial charge on any atom is -0.494 e. The zero-order valence-corrected chi connectivity index (χ0v) is 14.6. The molecule has 4 rings (SSSR count). The van der Waals surface area contributed by atoms with Gasteiger partial charge >= 0.3 is 0 Å². The summed E-state index contributed by atoms with van der Waals surface area (Å²) >= 11 is 0. The lowest BCUT2D eigenvalue weighted by molar-refractivity contribution is 0.419. The van der Waals surface area contributed by atoms with E-state index in [9.17, 15) is 0 Å². The summed E-state index contributed by atoms with van der Waals surface area (Å²) < 4.78 is 5.54. The second kappa shape index (κ2) is 6.59. The Labute approximate surface area is 147 Å². The summed E-state index contributed by atoms with van der Waals surface area (Å²) in [6.07, 6.45) is 2.38. The van der Waals surface area contributed by atoms with Crippen LogP contribution in [-0.2, 0) is 0 Å². The van der Waals surface area contributed by atoms with Crippen LogP contribution in [0.2, 0.25) is 0 Å². The third-order valence-electron chi connectivity index (χ3n) is 4.68. The van der Waals surface area contributed by atoms with Gasteiger partial charge in [0.15, 0.2) is 0 Å². The van der Waals surface area contributed by atoms with Crippen LogP contribution in [0.3, 0.4) is 0 Å². The van der Waals surface area contributed by atoms with E-state index < -0.39 is 0 Å². The molecule has 0 radical (unpaired) electrons. The minimum absolute atomic E-state index is 0.769. The van der Waals surface area contributed by atoms with Gasteiger partial charge in [0.2, 0.25) is 5.95 Å². The van der Waals surface area contributed by atoms with Gasteiger partial charge < -0.3 is 15.0 Å². The van der Waals surface area contributed by atoms with E-state index in [0.717, 1.165) is 47.2 Å². The van der Waals surface area contributed by atoms with Gasteiger partial charge in [-0.2, -0.15) is 4.98 Å². The van der Waals surface area contributed by atoms with E-state index in [2.05, 4.69) is 29.3 Å². The van der Waals surface area contributed by atoms with Crippen molar-refractivity contribution in [2.75, 3.05) is 30.4 Å². The summed E-state index contributed by atoms with van der Waals surface area (Å²) in [6, 6.07) is 14.2. The molecule has 0 spiro atoms. The Morgan fingerprint density at radius 2 is 1.80 bits per heavy atom. The molecule has 0 amide bonds. The van der Waals surface area contributed by atoms with Crippen LogP contribution in [0.5, 0.6) is 5.75 Å². The number of nitrogens with one attached hydrogen (secondary N) is 1. The Bertz CT molecular complexity index is 903. The molecule has 128 valence electrons. The van der Waals surface area contributed by atoms with Crippen LogP contribution in [-0.4, -0.2) is 30.2 Å². The Kier molecular flexibility index (Phi) is 4.14. The van der Waals surface area contributed by atoms with Crippen LogP contribution in [0.1, 0.15) is 18.4 Å². The summed E-state index contributed by atoms with van der Waals surface area (Å²) in [4.78, 5) is 11.9. The summed E-state index contributed by atoms with van der Waals surface area (Å²) in [5.41, 5.74) is 3.08. The highest BCUT2D eigenvalue weighted by Crippen LogP contribution is 2.33. The van der Waals surface area contributed by atoms with E-state index in [-0.39, 0.29) is 0 Å². The fraction of sp³-hybridized carbons (Fsp3) is 0.300. The zero-order valence-electron chi connectivity index (χ0n) is 14.6. The van der Waals surface area contributed by atoms with Crippen molar-refractivity contribution in [1.29, 1.82) is 0 Å². The number of aromatic nitrogens is 2. The summed E-state index contributed by atoms with van der Waals surface area (Å²) in [6.45, 7) is 4.10. The maximum absolute atomic E-state index is 5.54. The topological polar surface area (TPSA) is 50.3 Å². The average Bonchev–Trinajstić information content (AvgIpc) is 3.17. The lowest BCUT2D eigenvalue weighted by Crippen LogP contribution is -2.21. The highest BCUT2D eigenvalue weighted by Gasteiger charge is 2.19.